The third kappa shape index (κ3) is 3.97. The molecule has 1 aliphatic heterocycles. The fourth-order valence-corrected chi connectivity index (χ4v) is 3.55. The lowest BCUT2D eigenvalue weighted by atomic mass is 10.2. The number of hydrogen-bond acceptors (Lipinski definition) is 3. The number of thioether (sulfide) groups is 1. The summed E-state index contributed by atoms with van der Waals surface area (Å²) in [5.41, 5.74) is 1.73. The van der Waals surface area contributed by atoms with Gasteiger partial charge < -0.3 is 0 Å². The van der Waals surface area contributed by atoms with Crippen LogP contribution in [-0.4, -0.2) is 16.0 Å². The van der Waals surface area contributed by atoms with Crippen LogP contribution in [0, 0.1) is 3.57 Å². The highest BCUT2D eigenvalue weighted by molar-refractivity contribution is 14.1. The molecule has 0 aliphatic carbocycles. The fourth-order valence-electron chi connectivity index (χ4n) is 2.16. The van der Waals surface area contributed by atoms with E-state index in [0.29, 0.717) is 9.93 Å². The van der Waals surface area contributed by atoms with E-state index in [1.54, 1.807) is 18.2 Å². The zero-order valence-electron chi connectivity index (χ0n) is 11.8. The first-order valence-corrected chi connectivity index (χ1v) is 9.05. The Balaban J connectivity index is 1.81. The maximum atomic E-state index is 12.5. The molecule has 1 saturated heterocycles. The molecule has 6 heteroatoms. The van der Waals surface area contributed by atoms with Gasteiger partial charge in [0.15, 0.2) is 0 Å². The first kappa shape index (κ1) is 16.5. The molecule has 0 saturated carbocycles. The van der Waals surface area contributed by atoms with Gasteiger partial charge in [-0.2, -0.15) is 0 Å². The lowest BCUT2D eigenvalue weighted by Crippen LogP contribution is -2.27. The maximum absolute atomic E-state index is 12.5. The Morgan fingerprint density at radius 1 is 1.13 bits per heavy atom. The Morgan fingerprint density at radius 2 is 1.87 bits per heavy atom. The van der Waals surface area contributed by atoms with Crippen molar-refractivity contribution in [2.24, 2.45) is 0 Å². The van der Waals surface area contributed by atoms with Crippen LogP contribution < -0.4 is 0 Å². The number of halogens is 2. The van der Waals surface area contributed by atoms with Crippen LogP contribution in [0.25, 0.3) is 6.08 Å². The summed E-state index contributed by atoms with van der Waals surface area (Å²) in [6.45, 7) is 0.286. The van der Waals surface area contributed by atoms with Crippen molar-refractivity contribution in [3.05, 3.63) is 73.2 Å². The van der Waals surface area contributed by atoms with Crippen molar-refractivity contribution < 1.29 is 9.59 Å². The predicted octanol–water partition coefficient (Wildman–Crippen LogP) is 5.18. The first-order chi connectivity index (χ1) is 11.0. The summed E-state index contributed by atoms with van der Waals surface area (Å²) in [5, 5.41) is 0.346. The molecule has 23 heavy (non-hydrogen) atoms. The molecule has 2 aromatic rings. The van der Waals surface area contributed by atoms with Crippen LogP contribution >= 0.6 is 46.0 Å². The van der Waals surface area contributed by atoms with Crippen molar-refractivity contribution in [2.45, 2.75) is 6.54 Å². The lowest BCUT2D eigenvalue weighted by Gasteiger charge is -2.12. The van der Waals surface area contributed by atoms with E-state index >= 15 is 0 Å². The Morgan fingerprint density at radius 3 is 2.57 bits per heavy atom. The number of amides is 2. The largest absolute Gasteiger partial charge is 0.293 e. The second-order valence-electron chi connectivity index (χ2n) is 4.95. The number of benzene rings is 2. The van der Waals surface area contributed by atoms with Crippen LogP contribution in [0.3, 0.4) is 0 Å². The highest BCUT2D eigenvalue weighted by atomic mass is 127. The van der Waals surface area contributed by atoms with Gasteiger partial charge in [-0.1, -0.05) is 35.9 Å². The van der Waals surface area contributed by atoms with Gasteiger partial charge in [-0.3, -0.25) is 14.5 Å². The van der Waals surface area contributed by atoms with Gasteiger partial charge in [0.2, 0.25) is 0 Å². The van der Waals surface area contributed by atoms with E-state index in [4.69, 9.17) is 11.6 Å². The van der Waals surface area contributed by atoms with Gasteiger partial charge in [0.05, 0.1) is 11.4 Å². The van der Waals surface area contributed by atoms with Crippen molar-refractivity contribution in [1.29, 1.82) is 0 Å². The molecule has 1 fully saturated rings. The van der Waals surface area contributed by atoms with Gasteiger partial charge in [-0.05, 0) is 75.8 Å². The summed E-state index contributed by atoms with van der Waals surface area (Å²) in [6.07, 6.45) is 1.70. The van der Waals surface area contributed by atoms with Crippen molar-refractivity contribution in [3.8, 4) is 0 Å². The van der Waals surface area contributed by atoms with E-state index in [9.17, 15) is 9.59 Å². The normalized spacial score (nSPS) is 16.4. The minimum absolute atomic E-state index is 0.248. The maximum Gasteiger partial charge on any atom is 0.293 e. The van der Waals surface area contributed by atoms with Crippen LogP contribution in [0.15, 0.2) is 53.4 Å². The summed E-state index contributed by atoms with van der Waals surface area (Å²) in [7, 11) is 0. The molecule has 0 spiro atoms. The number of imide groups is 1. The minimum Gasteiger partial charge on any atom is -0.268 e. The van der Waals surface area contributed by atoms with Crippen molar-refractivity contribution in [2.75, 3.05) is 0 Å². The number of nitrogens with zero attached hydrogens (tertiary/aromatic N) is 1. The molecule has 3 nitrogen and oxygen atoms in total. The molecule has 2 amide bonds. The molecule has 0 atom stereocenters. The van der Waals surface area contributed by atoms with Crippen LogP contribution in [0.2, 0.25) is 5.02 Å². The summed E-state index contributed by atoms with van der Waals surface area (Å²) in [5.74, 6) is -0.265. The van der Waals surface area contributed by atoms with E-state index in [1.165, 1.54) is 4.90 Å². The molecule has 3 rings (SSSR count). The van der Waals surface area contributed by atoms with Crippen LogP contribution in [0.1, 0.15) is 11.1 Å². The monoisotopic (exact) mass is 455 g/mol. The Bertz CT molecular complexity index is 804. The highest BCUT2D eigenvalue weighted by Gasteiger charge is 2.34. The van der Waals surface area contributed by atoms with Gasteiger partial charge in [0.25, 0.3) is 11.1 Å². The van der Waals surface area contributed by atoms with Crippen molar-refractivity contribution >= 4 is 63.2 Å². The lowest BCUT2D eigenvalue weighted by molar-refractivity contribution is -0.123. The van der Waals surface area contributed by atoms with Gasteiger partial charge in [0.1, 0.15) is 0 Å². The molecule has 0 unspecified atom stereocenters. The molecule has 116 valence electrons. The zero-order valence-corrected chi connectivity index (χ0v) is 15.6. The molecule has 2 aromatic carbocycles. The standard InChI is InChI=1S/C17H11ClINO2S/c18-13-3-1-2-12(8-13)9-15-16(21)20(17(22)23-15)10-11-4-6-14(19)7-5-11/h1-9H,10H2/b15-9+. The summed E-state index contributed by atoms with van der Waals surface area (Å²) < 4.78 is 1.11. The molecule has 0 N–H and O–H groups in total. The van der Waals surface area contributed by atoms with E-state index in [1.807, 2.05) is 36.4 Å². The van der Waals surface area contributed by atoms with Crippen molar-refractivity contribution in [1.82, 2.24) is 4.90 Å². The molecule has 0 radical (unpaired) electrons. The second kappa shape index (κ2) is 7.07. The Hall–Kier alpha value is -1.31. The molecular formula is C17H11ClINO2S. The quantitative estimate of drug-likeness (QED) is 0.473. The van der Waals surface area contributed by atoms with Crippen LogP contribution in [0.4, 0.5) is 4.79 Å². The van der Waals surface area contributed by atoms with Gasteiger partial charge in [-0.15, -0.1) is 0 Å². The molecule has 1 heterocycles. The van der Waals surface area contributed by atoms with Gasteiger partial charge in [0, 0.05) is 8.59 Å². The minimum atomic E-state index is -0.265. The van der Waals surface area contributed by atoms with E-state index < -0.39 is 0 Å². The molecule has 0 bridgehead atoms. The van der Waals surface area contributed by atoms with E-state index in [0.717, 1.165) is 26.5 Å². The second-order valence-corrected chi connectivity index (χ2v) is 7.62. The topological polar surface area (TPSA) is 37.4 Å². The number of carbonyl (C=O) groups excluding carboxylic acids is 2. The van der Waals surface area contributed by atoms with Crippen LogP contribution in [-0.2, 0) is 11.3 Å². The third-order valence-corrected chi connectivity index (χ3v) is 5.14. The Labute approximate surface area is 156 Å². The Kier molecular flexibility index (Phi) is 5.08. The smallest absolute Gasteiger partial charge is 0.268 e. The van der Waals surface area contributed by atoms with Gasteiger partial charge >= 0.3 is 0 Å². The summed E-state index contributed by atoms with van der Waals surface area (Å²) >= 11 is 9.12. The first-order valence-electron chi connectivity index (χ1n) is 6.78. The SMILES string of the molecule is O=C1S/C(=C/c2cccc(Cl)c2)C(=O)N1Cc1ccc(I)cc1. The van der Waals surface area contributed by atoms with Gasteiger partial charge in [-0.25, -0.2) is 0 Å². The van der Waals surface area contributed by atoms with Crippen molar-refractivity contribution in [3.63, 3.8) is 0 Å². The summed E-state index contributed by atoms with van der Waals surface area (Å²) in [4.78, 5) is 26.3. The van der Waals surface area contributed by atoms with E-state index in [2.05, 4.69) is 22.6 Å². The third-order valence-electron chi connectivity index (χ3n) is 3.27. The zero-order chi connectivity index (χ0) is 16.4. The van der Waals surface area contributed by atoms with Crippen LogP contribution in [0.5, 0.6) is 0 Å². The van der Waals surface area contributed by atoms with E-state index in [-0.39, 0.29) is 17.7 Å². The number of carbonyl (C=O) groups is 2. The predicted molar refractivity (Wildman–Crippen MR) is 102 cm³/mol. The number of rotatable bonds is 3. The molecule has 0 aromatic heterocycles. The molecular weight excluding hydrogens is 445 g/mol. The molecule has 1 aliphatic rings. The fraction of sp³-hybridized carbons (Fsp3) is 0.0588. The average Bonchev–Trinajstić information content (AvgIpc) is 2.77. The highest BCUT2D eigenvalue weighted by Crippen LogP contribution is 2.33. The summed E-state index contributed by atoms with van der Waals surface area (Å²) in [6, 6.07) is 14.9. The average molecular weight is 456 g/mol. The number of hydrogen-bond donors (Lipinski definition) is 0.